The fourth-order valence-electron chi connectivity index (χ4n) is 1.12. The minimum absolute atomic E-state index is 0.145. The second-order valence-corrected chi connectivity index (χ2v) is 2.87. The van der Waals surface area contributed by atoms with Crippen molar-refractivity contribution in [2.75, 3.05) is 0 Å². The Morgan fingerprint density at radius 3 is 2.36 bits per heavy atom. The Morgan fingerprint density at radius 2 is 1.91 bits per heavy atom. The molecule has 0 spiro atoms. The van der Waals surface area contributed by atoms with Crippen LogP contribution in [0.4, 0.5) is 0 Å². The SMILES string of the molecule is CC(=O)c1cc(C)ccc1C. The highest BCUT2D eigenvalue weighted by atomic mass is 16.1. The highest BCUT2D eigenvalue weighted by Crippen LogP contribution is 2.10. The Kier molecular flexibility index (Phi) is 2.08. The van der Waals surface area contributed by atoms with E-state index in [1.54, 1.807) is 6.92 Å². The van der Waals surface area contributed by atoms with Gasteiger partial charge in [-0.25, -0.2) is 0 Å². The summed E-state index contributed by atoms with van der Waals surface area (Å²) in [6.07, 6.45) is 0. The van der Waals surface area contributed by atoms with Gasteiger partial charge in [-0.2, -0.15) is 0 Å². The molecular weight excluding hydrogens is 136 g/mol. The maximum atomic E-state index is 11.0. The Labute approximate surface area is 67.1 Å². The Morgan fingerprint density at radius 1 is 1.27 bits per heavy atom. The fourth-order valence-corrected chi connectivity index (χ4v) is 1.12. The molecule has 0 N–H and O–H groups in total. The fraction of sp³-hybridized carbons (Fsp3) is 0.300. The molecule has 1 aromatic carbocycles. The van der Waals surface area contributed by atoms with Crippen molar-refractivity contribution in [3.8, 4) is 0 Å². The quantitative estimate of drug-likeness (QED) is 0.559. The molecule has 0 saturated heterocycles. The number of aryl methyl sites for hydroxylation is 2. The average molecular weight is 148 g/mol. The van der Waals surface area contributed by atoms with Crippen molar-refractivity contribution in [1.29, 1.82) is 0 Å². The van der Waals surface area contributed by atoms with E-state index >= 15 is 0 Å². The summed E-state index contributed by atoms with van der Waals surface area (Å²) in [5, 5.41) is 0. The van der Waals surface area contributed by atoms with E-state index in [1.165, 1.54) is 0 Å². The zero-order valence-corrected chi connectivity index (χ0v) is 7.14. The Bertz CT molecular complexity index is 287. The van der Waals surface area contributed by atoms with Gasteiger partial charge in [0.05, 0.1) is 0 Å². The summed E-state index contributed by atoms with van der Waals surface area (Å²) in [6, 6.07) is 5.92. The van der Waals surface area contributed by atoms with Crippen molar-refractivity contribution < 1.29 is 4.79 Å². The molecule has 0 fully saturated rings. The molecule has 58 valence electrons. The van der Waals surface area contributed by atoms with Gasteiger partial charge in [0.15, 0.2) is 5.78 Å². The van der Waals surface area contributed by atoms with E-state index in [4.69, 9.17) is 0 Å². The standard InChI is InChI=1S/C10H12O/c1-7-4-5-8(2)10(6-7)9(3)11/h4-6H,1-3H3. The van der Waals surface area contributed by atoms with Crippen LogP contribution in [0.25, 0.3) is 0 Å². The Hall–Kier alpha value is -1.11. The van der Waals surface area contributed by atoms with Gasteiger partial charge >= 0.3 is 0 Å². The van der Waals surface area contributed by atoms with Gasteiger partial charge in [-0.3, -0.25) is 4.79 Å². The lowest BCUT2D eigenvalue weighted by Crippen LogP contribution is -1.95. The average Bonchev–Trinajstić information content (AvgIpc) is 1.94. The first-order valence-electron chi connectivity index (χ1n) is 3.69. The van der Waals surface area contributed by atoms with E-state index < -0.39 is 0 Å². The monoisotopic (exact) mass is 148 g/mol. The van der Waals surface area contributed by atoms with Crippen molar-refractivity contribution in [3.63, 3.8) is 0 Å². The molecule has 0 aliphatic rings. The molecule has 1 heteroatoms. The molecule has 0 aliphatic carbocycles. The first kappa shape index (κ1) is 7.99. The molecule has 1 nitrogen and oxygen atoms in total. The van der Waals surface area contributed by atoms with Crippen LogP contribution in [0.5, 0.6) is 0 Å². The summed E-state index contributed by atoms with van der Waals surface area (Å²) >= 11 is 0. The predicted molar refractivity (Wildman–Crippen MR) is 45.9 cm³/mol. The van der Waals surface area contributed by atoms with E-state index in [2.05, 4.69) is 0 Å². The van der Waals surface area contributed by atoms with Crippen molar-refractivity contribution in [1.82, 2.24) is 0 Å². The molecule has 0 amide bonds. The molecule has 0 atom stereocenters. The summed E-state index contributed by atoms with van der Waals surface area (Å²) in [5.41, 5.74) is 3.04. The summed E-state index contributed by atoms with van der Waals surface area (Å²) in [6.45, 7) is 5.55. The molecule has 1 rings (SSSR count). The minimum atomic E-state index is 0.145. The van der Waals surface area contributed by atoms with Gasteiger partial charge in [-0.1, -0.05) is 17.7 Å². The minimum Gasteiger partial charge on any atom is -0.295 e. The van der Waals surface area contributed by atoms with E-state index in [-0.39, 0.29) is 5.78 Å². The van der Waals surface area contributed by atoms with Gasteiger partial charge in [0.2, 0.25) is 0 Å². The third-order valence-corrected chi connectivity index (χ3v) is 1.77. The van der Waals surface area contributed by atoms with Crippen LogP contribution >= 0.6 is 0 Å². The third kappa shape index (κ3) is 1.67. The molecule has 0 heterocycles. The van der Waals surface area contributed by atoms with Gasteiger partial charge in [0, 0.05) is 5.56 Å². The number of hydrogen-bond acceptors (Lipinski definition) is 1. The number of rotatable bonds is 1. The first-order chi connectivity index (χ1) is 5.11. The van der Waals surface area contributed by atoms with Crippen molar-refractivity contribution in [3.05, 3.63) is 34.9 Å². The Balaban J connectivity index is 3.23. The first-order valence-corrected chi connectivity index (χ1v) is 3.69. The zero-order valence-electron chi connectivity index (χ0n) is 7.14. The van der Waals surface area contributed by atoms with Crippen LogP contribution < -0.4 is 0 Å². The van der Waals surface area contributed by atoms with E-state index in [0.717, 1.165) is 16.7 Å². The van der Waals surface area contributed by atoms with Crippen molar-refractivity contribution in [2.24, 2.45) is 0 Å². The van der Waals surface area contributed by atoms with Gasteiger partial charge in [0.25, 0.3) is 0 Å². The number of carbonyl (C=O) groups excluding carboxylic acids is 1. The van der Waals surface area contributed by atoms with Crippen LogP contribution in [0.3, 0.4) is 0 Å². The summed E-state index contributed by atoms with van der Waals surface area (Å²) in [5.74, 6) is 0.145. The maximum absolute atomic E-state index is 11.0. The van der Waals surface area contributed by atoms with Crippen LogP contribution in [0.15, 0.2) is 18.2 Å². The molecule has 1 aromatic rings. The number of Topliss-reactive ketones (excluding diaryl/α,β-unsaturated/α-hetero) is 1. The number of hydrogen-bond donors (Lipinski definition) is 0. The number of ketones is 1. The normalized spacial score (nSPS) is 9.73. The molecule has 0 aliphatic heterocycles. The van der Waals surface area contributed by atoms with E-state index in [1.807, 2.05) is 32.0 Å². The van der Waals surface area contributed by atoms with Crippen LogP contribution in [-0.2, 0) is 0 Å². The molecule has 0 bridgehead atoms. The maximum Gasteiger partial charge on any atom is 0.160 e. The lowest BCUT2D eigenvalue weighted by Gasteiger charge is -2.01. The molecular formula is C10H12O. The van der Waals surface area contributed by atoms with Gasteiger partial charge < -0.3 is 0 Å². The van der Waals surface area contributed by atoms with Crippen LogP contribution in [0.1, 0.15) is 28.4 Å². The van der Waals surface area contributed by atoms with E-state index in [9.17, 15) is 4.79 Å². The molecule has 0 saturated carbocycles. The van der Waals surface area contributed by atoms with Crippen molar-refractivity contribution in [2.45, 2.75) is 20.8 Å². The summed E-state index contributed by atoms with van der Waals surface area (Å²) < 4.78 is 0. The lowest BCUT2D eigenvalue weighted by molar-refractivity contribution is 0.101. The second kappa shape index (κ2) is 2.87. The van der Waals surface area contributed by atoms with Gasteiger partial charge in [-0.05, 0) is 32.4 Å². The molecule has 11 heavy (non-hydrogen) atoms. The summed E-state index contributed by atoms with van der Waals surface area (Å²) in [4.78, 5) is 11.0. The third-order valence-electron chi connectivity index (χ3n) is 1.77. The van der Waals surface area contributed by atoms with Gasteiger partial charge in [-0.15, -0.1) is 0 Å². The highest BCUT2D eigenvalue weighted by Gasteiger charge is 2.01. The van der Waals surface area contributed by atoms with Crippen LogP contribution in [0, 0.1) is 13.8 Å². The second-order valence-electron chi connectivity index (χ2n) is 2.87. The van der Waals surface area contributed by atoms with Crippen LogP contribution in [-0.4, -0.2) is 5.78 Å². The zero-order chi connectivity index (χ0) is 8.43. The van der Waals surface area contributed by atoms with Crippen LogP contribution in [0.2, 0.25) is 0 Å². The molecule has 0 aromatic heterocycles. The topological polar surface area (TPSA) is 17.1 Å². The highest BCUT2D eigenvalue weighted by molar-refractivity contribution is 5.95. The molecule has 0 radical (unpaired) electrons. The van der Waals surface area contributed by atoms with E-state index in [0.29, 0.717) is 0 Å². The molecule has 0 unspecified atom stereocenters. The number of benzene rings is 1. The number of carbonyl (C=O) groups is 1. The predicted octanol–water partition coefficient (Wildman–Crippen LogP) is 2.51. The lowest BCUT2D eigenvalue weighted by atomic mass is 10.0. The summed E-state index contributed by atoms with van der Waals surface area (Å²) in [7, 11) is 0. The largest absolute Gasteiger partial charge is 0.295 e. The van der Waals surface area contributed by atoms with Crippen molar-refractivity contribution >= 4 is 5.78 Å². The smallest absolute Gasteiger partial charge is 0.160 e. The van der Waals surface area contributed by atoms with Gasteiger partial charge in [0.1, 0.15) is 0 Å².